The van der Waals surface area contributed by atoms with Crippen LogP contribution < -0.4 is 5.73 Å². The fraction of sp³-hybridized carbons (Fsp3) is 0.783. The van der Waals surface area contributed by atoms with Crippen molar-refractivity contribution in [2.75, 3.05) is 32.1 Å². The molecular weight excluding hydrogens is 560 g/mol. The molecule has 0 unspecified atom stereocenters. The van der Waals surface area contributed by atoms with Crippen LogP contribution in [0.2, 0.25) is 0 Å². The van der Waals surface area contributed by atoms with Gasteiger partial charge >= 0.3 is 29.8 Å². The number of hydrogen-bond donors (Lipinski definition) is 2. The maximum absolute atomic E-state index is 12.6. The molecule has 0 spiro atoms. The van der Waals surface area contributed by atoms with Gasteiger partial charge in [-0.1, -0.05) is 0 Å². The molecule has 0 aromatic heterocycles. The second-order valence-corrected chi connectivity index (χ2v) is 11.5. The lowest BCUT2D eigenvalue weighted by Crippen LogP contribution is -2.63. The van der Waals surface area contributed by atoms with Crippen LogP contribution in [0.25, 0.3) is 0 Å². The van der Waals surface area contributed by atoms with Crippen LogP contribution in [0.4, 0.5) is 0 Å². The summed E-state index contributed by atoms with van der Waals surface area (Å²) in [6, 6.07) is -0.807. The molecule has 2 fully saturated rings. The second-order valence-electron chi connectivity index (χ2n) is 9.39. The molecule has 0 amide bonds. The molecule has 2 rings (SSSR count). The molecule has 16 nitrogen and oxygen atoms in total. The molecule has 0 aromatic carbocycles. The van der Waals surface area contributed by atoms with Crippen LogP contribution in [-0.4, -0.2) is 116 Å². The van der Waals surface area contributed by atoms with E-state index in [0.29, 0.717) is 0 Å². The van der Waals surface area contributed by atoms with Gasteiger partial charge in [0.25, 0.3) is 0 Å². The van der Waals surface area contributed by atoms with Crippen molar-refractivity contribution in [3.63, 3.8) is 0 Å². The smallest absolute Gasteiger partial charge is 0.309 e. The van der Waals surface area contributed by atoms with Crippen LogP contribution in [0, 0.1) is 5.92 Å². The van der Waals surface area contributed by atoms with Crippen molar-refractivity contribution in [1.29, 1.82) is 0 Å². The standard InChI is InChI=1S/C23H36N2O14S/c1-12(26)35-11-18-19(36-13(2)27)20(37-14(3)28)21(38-15(4)29)23(39-18)34-7-5-6-8-40(32,33)25-9-16(22(30)31)17(24)10-25/h16-21,23H,5-11,24H2,1-4H3,(H,30,31)/t16-,17-,18-,19+,20+,21-,23-/m1/s1. The zero-order chi connectivity index (χ0) is 30.2. The second kappa shape index (κ2) is 14.7. The number of esters is 4. The number of hydrogen-bond acceptors (Lipinski definition) is 14. The van der Waals surface area contributed by atoms with E-state index in [-0.39, 0.29) is 38.3 Å². The lowest BCUT2D eigenvalue weighted by molar-refractivity contribution is -0.308. The quantitative estimate of drug-likeness (QED) is 0.141. The van der Waals surface area contributed by atoms with Gasteiger partial charge < -0.3 is 39.3 Å². The molecule has 0 bridgehead atoms. The van der Waals surface area contributed by atoms with E-state index in [4.69, 9.17) is 34.2 Å². The minimum Gasteiger partial charge on any atom is -0.481 e. The van der Waals surface area contributed by atoms with E-state index < -0.39 is 89.1 Å². The van der Waals surface area contributed by atoms with Gasteiger partial charge in [-0.25, -0.2) is 8.42 Å². The highest BCUT2D eigenvalue weighted by atomic mass is 32.2. The van der Waals surface area contributed by atoms with Crippen molar-refractivity contribution in [2.45, 2.75) is 77.3 Å². The molecule has 0 saturated carbocycles. The van der Waals surface area contributed by atoms with E-state index in [2.05, 4.69) is 0 Å². The van der Waals surface area contributed by atoms with Crippen LogP contribution in [0.5, 0.6) is 0 Å². The van der Waals surface area contributed by atoms with Crippen molar-refractivity contribution in [3.05, 3.63) is 0 Å². The average Bonchev–Trinajstić information content (AvgIpc) is 3.23. The number of sulfonamides is 1. The van der Waals surface area contributed by atoms with Gasteiger partial charge in [0.2, 0.25) is 10.0 Å². The summed E-state index contributed by atoms with van der Waals surface area (Å²) in [5, 5.41) is 9.18. The third-order valence-corrected chi connectivity index (χ3v) is 7.96. The van der Waals surface area contributed by atoms with Gasteiger partial charge in [0.05, 0.1) is 11.7 Å². The van der Waals surface area contributed by atoms with Gasteiger partial charge in [-0.3, -0.25) is 24.0 Å². The zero-order valence-electron chi connectivity index (χ0n) is 22.7. The number of aliphatic carboxylic acids is 1. The minimum atomic E-state index is -3.78. The Kier molecular flexibility index (Phi) is 12.2. The van der Waals surface area contributed by atoms with Gasteiger partial charge in [0, 0.05) is 53.4 Å². The van der Waals surface area contributed by atoms with E-state index in [9.17, 15) is 37.5 Å². The largest absolute Gasteiger partial charge is 0.481 e. The van der Waals surface area contributed by atoms with Gasteiger partial charge in [-0.05, 0) is 12.8 Å². The lowest BCUT2D eigenvalue weighted by Gasteiger charge is -2.44. The molecule has 2 aliphatic heterocycles. The van der Waals surface area contributed by atoms with E-state index >= 15 is 0 Å². The molecule has 40 heavy (non-hydrogen) atoms. The Morgan fingerprint density at radius 1 is 0.875 bits per heavy atom. The molecule has 0 aromatic rings. The summed E-state index contributed by atoms with van der Waals surface area (Å²) < 4.78 is 58.8. The summed E-state index contributed by atoms with van der Waals surface area (Å²) in [7, 11) is -3.78. The fourth-order valence-electron chi connectivity index (χ4n) is 4.32. The Labute approximate surface area is 231 Å². The molecule has 228 valence electrons. The molecule has 0 aliphatic carbocycles. The molecule has 2 heterocycles. The van der Waals surface area contributed by atoms with Gasteiger partial charge in [0.1, 0.15) is 12.7 Å². The molecule has 7 atom stereocenters. The van der Waals surface area contributed by atoms with Gasteiger partial charge in [0.15, 0.2) is 24.6 Å². The Balaban J connectivity index is 2.10. The average molecular weight is 597 g/mol. The van der Waals surface area contributed by atoms with Crippen LogP contribution >= 0.6 is 0 Å². The summed E-state index contributed by atoms with van der Waals surface area (Å²) in [5.41, 5.74) is 5.76. The Bertz CT molecular complexity index is 1050. The van der Waals surface area contributed by atoms with Crippen molar-refractivity contribution in [3.8, 4) is 0 Å². The van der Waals surface area contributed by atoms with E-state index in [0.717, 1.165) is 32.0 Å². The van der Waals surface area contributed by atoms with Crippen LogP contribution in [-0.2, 0) is 62.4 Å². The van der Waals surface area contributed by atoms with Crippen LogP contribution in [0.1, 0.15) is 40.5 Å². The number of carboxylic acid groups (broad SMARTS) is 1. The fourth-order valence-corrected chi connectivity index (χ4v) is 5.93. The normalized spacial score (nSPS) is 28.9. The molecule has 17 heteroatoms. The number of nitrogens with zero attached hydrogens (tertiary/aromatic N) is 1. The van der Waals surface area contributed by atoms with E-state index in [1.165, 1.54) is 0 Å². The summed E-state index contributed by atoms with van der Waals surface area (Å²) in [6.07, 6.45) is -6.32. The Morgan fingerprint density at radius 2 is 1.45 bits per heavy atom. The van der Waals surface area contributed by atoms with Gasteiger partial charge in [-0.15, -0.1) is 0 Å². The molecule has 2 saturated heterocycles. The van der Waals surface area contributed by atoms with Crippen LogP contribution in [0.15, 0.2) is 0 Å². The topological polar surface area (TPSA) is 224 Å². The first kappa shape index (κ1) is 33.3. The van der Waals surface area contributed by atoms with Crippen molar-refractivity contribution in [2.24, 2.45) is 11.7 Å². The minimum absolute atomic E-state index is 0.0967. The summed E-state index contributed by atoms with van der Waals surface area (Å²) in [5.74, 6) is -5.45. The maximum atomic E-state index is 12.6. The van der Waals surface area contributed by atoms with E-state index in [1.807, 2.05) is 0 Å². The predicted molar refractivity (Wildman–Crippen MR) is 132 cm³/mol. The molecule has 3 N–H and O–H groups in total. The number of nitrogens with two attached hydrogens (primary N) is 1. The summed E-state index contributed by atoms with van der Waals surface area (Å²) >= 11 is 0. The molecule has 0 radical (unpaired) electrons. The Morgan fingerprint density at radius 3 is 1.98 bits per heavy atom. The highest BCUT2D eigenvalue weighted by Gasteiger charge is 2.52. The first-order valence-corrected chi connectivity index (χ1v) is 14.1. The first-order valence-electron chi connectivity index (χ1n) is 12.5. The highest BCUT2D eigenvalue weighted by molar-refractivity contribution is 7.89. The number of carbonyl (C=O) groups excluding carboxylic acids is 4. The predicted octanol–water partition coefficient (Wildman–Crippen LogP) is -1.46. The number of carbonyl (C=O) groups is 5. The van der Waals surface area contributed by atoms with Crippen molar-refractivity contribution >= 4 is 39.9 Å². The monoisotopic (exact) mass is 596 g/mol. The number of carboxylic acids is 1. The third kappa shape index (κ3) is 9.65. The lowest BCUT2D eigenvalue weighted by atomic mass is 9.98. The summed E-state index contributed by atoms with van der Waals surface area (Å²) in [4.78, 5) is 58.1. The van der Waals surface area contributed by atoms with Crippen molar-refractivity contribution < 1.29 is 65.9 Å². The Hall–Kier alpha value is -2.86. The van der Waals surface area contributed by atoms with E-state index in [1.54, 1.807) is 0 Å². The van der Waals surface area contributed by atoms with Gasteiger partial charge in [-0.2, -0.15) is 4.31 Å². The first-order chi connectivity index (χ1) is 18.6. The molecular formula is C23H36N2O14S. The number of unbranched alkanes of at least 4 members (excludes halogenated alkanes) is 1. The summed E-state index contributed by atoms with van der Waals surface area (Å²) in [6.45, 7) is 3.62. The SMILES string of the molecule is CC(=O)OC[C@H]1O[C@@H](OCCCCS(=O)(=O)N2C[C@@H](N)[C@H](C(=O)O)C2)[C@H](OC(C)=O)[C@@H](OC(C)=O)[C@H]1OC(C)=O. The number of rotatable bonds is 13. The number of ether oxygens (including phenoxy) is 6. The zero-order valence-corrected chi connectivity index (χ0v) is 23.5. The maximum Gasteiger partial charge on any atom is 0.309 e. The molecule has 2 aliphatic rings. The van der Waals surface area contributed by atoms with Crippen molar-refractivity contribution in [1.82, 2.24) is 4.31 Å². The van der Waals surface area contributed by atoms with Crippen LogP contribution in [0.3, 0.4) is 0 Å². The third-order valence-electron chi connectivity index (χ3n) is 6.07. The highest BCUT2D eigenvalue weighted by Crippen LogP contribution is 2.30.